The van der Waals surface area contributed by atoms with Crippen molar-refractivity contribution in [3.8, 4) is 11.1 Å². The van der Waals surface area contributed by atoms with Crippen molar-refractivity contribution in [2.75, 3.05) is 6.67 Å². The standard InChI is InChI=1S/C19H20.C5H9F/c1-13(2)16-11-10-14(3)12-19(16)18-9-5-7-15-6-4-8-17(15)18;1-3-5(2)4-6/h5,7,9-12H,1,4,6,8H2,2-3H3;3H,4H2,1-2H3/b;5-3+. The summed E-state index contributed by atoms with van der Waals surface area (Å²) in [4.78, 5) is 0. The van der Waals surface area contributed by atoms with Gasteiger partial charge in [-0.25, -0.2) is 4.39 Å². The van der Waals surface area contributed by atoms with Crippen LogP contribution >= 0.6 is 0 Å². The number of alkyl halides is 1. The third-order valence-corrected chi connectivity index (χ3v) is 4.77. The van der Waals surface area contributed by atoms with Crippen LogP contribution in [-0.4, -0.2) is 6.67 Å². The van der Waals surface area contributed by atoms with Crippen LogP contribution < -0.4 is 0 Å². The molecule has 2 aromatic rings. The molecule has 0 spiro atoms. The lowest BCUT2D eigenvalue weighted by Crippen LogP contribution is -1.93. The molecule has 25 heavy (non-hydrogen) atoms. The van der Waals surface area contributed by atoms with Gasteiger partial charge in [0.15, 0.2) is 0 Å². The first-order valence-electron chi connectivity index (χ1n) is 9.03. The van der Waals surface area contributed by atoms with Crippen molar-refractivity contribution in [2.45, 2.75) is 47.0 Å². The zero-order valence-electron chi connectivity index (χ0n) is 16.0. The minimum Gasteiger partial charge on any atom is -0.246 e. The zero-order chi connectivity index (χ0) is 18.4. The molecule has 1 aliphatic carbocycles. The highest BCUT2D eigenvalue weighted by Crippen LogP contribution is 2.36. The van der Waals surface area contributed by atoms with Gasteiger partial charge in [0.2, 0.25) is 0 Å². The number of aryl methyl sites for hydroxylation is 2. The van der Waals surface area contributed by atoms with Crippen molar-refractivity contribution in [3.05, 3.63) is 76.9 Å². The molecular weight excluding hydrogens is 307 g/mol. The van der Waals surface area contributed by atoms with E-state index >= 15 is 0 Å². The summed E-state index contributed by atoms with van der Waals surface area (Å²) in [7, 11) is 0. The quantitative estimate of drug-likeness (QED) is 0.524. The Morgan fingerprint density at radius 3 is 2.48 bits per heavy atom. The van der Waals surface area contributed by atoms with Crippen molar-refractivity contribution < 1.29 is 4.39 Å². The van der Waals surface area contributed by atoms with Gasteiger partial charge in [-0.2, -0.15) is 0 Å². The van der Waals surface area contributed by atoms with Gasteiger partial charge in [-0.15, -0.1) is 0 Å². The van der Waals surface area contributed by atoms with Gasteiger partial charge in [0, 0.05) is 0 Å². The Bertz CT molecular complexity index is 781. The molecule has 0 amide bonds. The predicted octanol–water partition coefficient (Wildman–Crippen LogP) is 7.11. The SMILES string of the molecule is C/C=C(\C)CF.C=C(C)c1ccc(C)cc1-c1cccc2c1CCC2. The summed E-state index contributed by atoms with van der Waals surface area (Å²) in [5.74, 6) is 0. The summed E-state index contributed by atoms with van der Waals surface area (Å²) in [5, 5.41) is 0. The first-order chi connectivity index (χ1) is 12.0. The van der Waals surface area contributed by atoms with Crippen LogP contribution in [-0.2, 0) is 12.8 Å². The fourth-order valence-electron chi connectivity index (χ4n) is 3.20. The number of allylic oxidation sites excluding steroid dienone is 3. The summed E-state index contributed by atoms with van der Waals surface area (Å²) in [6.45, 7) is 11.7. The molecule has 1 aliphatic rings. The fraction of sp³-hybridized carbons (Fsp3) is 0.333. The smallest absolute Gasteiger partial charge is 0.110 e. The van der Waals surface area contributed by atoms with Crippen molar-refractivity contribution in [2.24, 2.45) is 0 Å². The fourth-order valence-corrected chi connectivity index (χ4v) is 3.20. The second-order valence-electron chi connectivity index (χ2n) is 6.89. The number of hydrogen-bond acceptors (Lipinski definition) is 0. The molecule has 0 heterocycles. The molecule has 0 aromatic heterocycles. The zero-order valence-corrected chi connectivity index (χ0v) is 16.0. The molecule has 0 atom stereocenters. The van der Waals surface area contributed by atoms with Gasteiger partial charge in [-0.05, 0) is 80.3 Å². The highest BCUT2D eigenvalue weighted by molar-refractivity contribution is 5.82. The summed E-state index contributed by atoms with van der Waals surface area (Å²) in [5.41, 5.74) is 10.4. The Balaban J connectivity index is 0.000000326. The third kappa shape index (κ3) is 4.69. The van der Waals surface area contributed by atoms with Gasteiger partial charge < -0.3 is 0 Å². The lowest BCUT2D eigenvalue weighted by Gasteiger charge is -2.14. The minimum absolute atomic E-state index is 0.309. The Morgan fingerprint density at radius 1 is 1.12 bits per heavy atom. The molecular formula is C24H29F. The largest absolute Gasteiger partial charge is 0.246 e. The molecule has 0 radical (unpaired) electrons. The number of halogens is 1. The van der Waals surface area contributed by atoms with Crippen LogP contribution in [0.2, 0.25) is 0 Å². The van der Waals surface area contributed by atoms with Crippen LogP contribution in [0.1, 0.15) is 49.4 Å². The molecule has 0 N–H and O–H groups in total. The maximum absolute atomic E-state index is 11.3. The topological polar surface area (TPSA) is 0 Å². The second kappa shape index (κ2) is 8.80. The van der Waals surface area contributed by atoms with Crippen molar-refractivity contribution in [1.29, 1.82) is 0 Å². The van der Waals surface area contributed by atoms with Crippen molar-refractivity contribution in [3.63, 3.8) is 0 Å². The molecule has 0 fully saturated rings. The molecule has 0 unspecified atom stereocenters. The normalized spacial score (nSPS) is 13.1. The summed E-state index contributed by atoms with van der Waals surface area (Å²) >= 11 is 0. The van der Waals surface area contributed by atoms with Crippen LogP contribution in [0.4, 0.5) is 4.39 Å². The Morgan fingerprint density at radius 2 is 1.88 bits per heavy atom. The van der Waals surface area contributed by atoms with E-state index in [1.54, 1.807) is 18.6 Å². The average Bonchev–Trinajstić information content (AvgIpc) is 3.09. The molecule has 2 aromatic carbocycles. The predicted molar refractivity (Wildman–Crippen MR) is 109 cm³/mol. The molecule has 0 nitrogen and oxygen atoms in total. The lowest BCUT2D eigenvalue weighted by molar-refractivity contribution is 0.543. The monoisotopic (exact) mass is 336 g/mol. The number of fused-ring (bicyclic) bond motifs is 1. The van der Waals surface area contributed by atoms with Crippen LogP contribution in [0, 0.1) is 6.92 Å². The molecule has 0 aliphatic heterocycles. The highest BCUT2D eigenvalue weighted by atomic mass is 19.1. The Labute approximate surface area is 152 Å². The third-order valence-electron chi connectivity index (χ3n) is 4.77. The maximum atomic E-state index is 11.3. The summed E-state index contributed by atoms with van der Waals surface area (Å²) in [6, 6.07) is 13.4. The summed E-state index contributed by atoms with van der Waals surface area (Å²) in [6.07, 6.45) is 5.51. The maximum Gasteiger partial charge on any atom is 0.110 e. The first-order valence-corrected chi connectivity index (χ1v) is 9.03. The first kappa shape index (κ1) is 19.2. The summed E-state index contributed by atoms with van der Waals surface area (Å²) < 4.78 is 11.3. The van der Waals surface area contributed by atoms with E-state index in [4.69, 9.17) is 0 Å². The lowest BCUT2D eigenvalue weighted by atomic mass is 9.90. The van der Waals surface area contributed by atoms with Crippen LogP contribution in [0.5, 0.6) is 0 Å². The van der Waals surface area contributed by atoms with Gasteiger partial charge in [0.05, 0.1) is 0 Å². The number of rotatable bonds is 3. The van der Waals surface area contributed by atoms with E-state index in [1.807, 2.05) is 6.92 Å². The number of hydrogen-bond donors (Lipinski definition) is 0. The number of benzene rings is 2. The second-order valence-corrected chi connectivity index (χ2v) is 6.89. The Hall–Kier alpha value is -2.15. The van der Waals surface area contributed by atoms with E-state index in [-0.39, 0.29) is 6.67 Å². The average molecular weight is 336 g/mol. The van der Waals surface area contributed by atoms with E-state index in [2.05, 4.69) is 56.8 Å². The molecule has 3 rings (SSSR count). The van der Waals surface area contributed by atoms with Gasteiger partial charge in [0.1, 0.15) is 6.67 Å². The van der Waals surface area contributed by atoms with Crippen molar-refractivity contribution in [1.82, 2.24) is 0 Å². The van der Waals surface area contributed by atoms with E-state index in [9.17, 15) is 4.39 Å². The van der Waals surface area contributed by atoms with E-state index in [0.717, 1.165) is 11.1 Å². The van der Waals surface area contributed by atoms with Crippen molar-refractivity contribution >= 4 is 5.57 Å². The molecule has 0 bridgehead atoms. The van der Waals surface area contributed by atoms with Gasteiger partial charge in [-0.1, -0.05) is 60.2 Å². The molecule has 132 valence electrons. The van der Waals surface area contributed by atoms with Gasteiger partial charge in [-0.3, -0.25) is 0 Å². The van der Waals surface area contributed by atoms with E-state index in [1.165, 1.54) is 47.1 Å². The van der Waals surface area contributed by atoms with Gasteiger partial charge in [0.25, 0.3) is 0 Å². The van der Waals surface area contributed by atoms with Crippen LogP contribution in [0.15, 0.2) is 54.6 Å². The van der Waals surface area contributed by atoms with Crippen LogP contribution in [0.3, 0.4) is 0 Å². The molecule has 0 saturated carbocycles. The van der Waals surface area contributed by atoms with E-state index < -0.39 is 0 Å². The van der Waals surface area contributed by atoms with E-state index in [0.29, 0.717) is 0 Å². The Kier molecular flexibility index (Phi) is 6.75. The molecule has 1 heteroatoms. The highest BCUT2D eigenvalue weighted by Gasteiger charge is 2.17. The van der Waals surface area contributed by atoms with Gasteiger partial charge >= 0.3 is 0 Å². The van der Waals surface area contributed by atoms with Crippen LogP contribution in [0.25, 0.3) is 16.7 Å². The molecule has 0 saturated heterocycles. The minimum atomic E-state index is -0.309.